The third-order valence-corrected chi connectivity index (χ3v) is 11.8. The van der Waals surface area contributed by atoms with E-state index in [0.717, 1.165) is 0 Å². The van der Waals surface area contributed by atoms with Crippen molar-refractivity contribution >= 4 is 37.1 Å². The summed E-state index contributed by atoms with van der Waals surface area (Å²) in [6.07, 6.45) is 0. The first-order valence-electron chi connectivity index (χ1n) is 11.2. The van der Waals surface area contributed by atoms with Crippen LogP contribution in [0.1, 0.15) is 13.8 Å². The minimum absolute atomic E-state index is 0.0769. The second-order valence-corrected chi connectivity index (χ2v) is 13.3. The van der Waals surface area contributed by atoms with E-state index in [4.69, 9.17) is 5.73 Å². The van der Waals surface area contributed by atoms with Gasteiger partial charge in [-0.25, -0.2) is 0 Å². The molecule has 4 aromatic carbocycles. The highest BCUT2D eigenvalue weighted by Crippen LogP contribution is 2.47. The summed E-state index contributed by atoms with van der Waals surface area (Å²) >= 11 is 0. The van der Waals surface area contributed by atoms with Crippen LogP contribution in [0.25, 0.3) is 0 Å². The molecule has 2 unspecified atom stereocenters. The minimum atomic E-state index is -0.561. The molecule has 0 saturated heterocycles. The molecule has 162 valence electrons. The lowest BCUT2D eigenvalue weighted by Gasteiger charge is -2.37. The molecule has 0 spiro atoms. The first-order chi connectivity index (χ1) is 15.7. The van der Waals surface area contributed by atoms with Crippen LogP contribution in [0.5, 0.6) is 0 Å². The van der Waals surface area contributed by atoms with Crippen molar-refractivity contribution in [3.63, 3.8) is 0 Å². The van der Waals surface area contributed by atoms with Gasteiger partial charge in [-0.15, -0.1) is 0 Å². The third-order valence-electron chi connectivity index (χ3n) is 6.07. The fourth-order valence-corrected chi connectivity index (χ4v) is 10.1. The Hall–Kier alpha value is -2.30. The monoisotopic (exact) mass is 455 g/mol. The third kappa shape index (κ3) is 5.19. The molecule has 0 aromatic heterocycles. The molecule has 32 heavy (non-hydrogen) atoms. The fraction of sp³-hybridized carbons (Fsp3) is 0.172. The molecule has 4 rings (SSSR count). The van der Waals surface area contributed by atoms with Gasteiger partial charge in [0.1, 0.15) is 0 Å². The van der Waals surface area contributed by atoms with E-state index in [2.05, 4.69) is 135 Å². The average Bonchev–Trinajstić information content (AvgIpc) is 2.86. The Morgan fingerprint density at radius 3 is 0.875 bits per heavy atom. The van der Waals surface area contributed by atoms with Crippen molar-refractivity contribution in [2.75, 3.05) is 0 Å². The summed E-state index contributed by atoms with van der Waals surface area (Å²) in [5, 5.41) is 5.58. The summed E-state index contributed by atoms with van der Waals surface area (Å²) in [5.41, 5.74) is 7.84. The SMILES string of the molecule is CC(C(N)C(C)P(c1ccccc1)c1ccccc1)P(c1ccccc1)c1ccccc1. The molecule has 2 atom stereocenters. The average molecular weight is 456 g/mol. The molecule has 0 aliphatic carbocycles. The molecule has 0 saturated carbocycles. The highest BCUT2D eigenvalue weighted by molar-refractivity contribution is 7.74. The molecule has 0 bridgehead atoms. The van der Waals surface area contributed by atoms with Crippen molar-refractivity contribution in [1.29, 1.82) is 0 Å². The van der Waals surface area contributed by atoms with Gasteiger partial charge >= 0.3 is 0 Å². The highest BCUT2D eigenvalue weighted by atomic mass is 31.1. The zero-order valence-electron chi connectivity index (χ0n) is 18.8. The largest absolute Gasteiger partial charge is 0.327 e. The van der Waals surface area contributed by atoms with Crippen LogP contribution in [0.3, 0.4) is 0 Å². The number of nitrogens with two attached hydrogens (primary N) is 1. The van der Waals surface area contributed by atoms with Crippen molar-refractivity contribution in [1.82, 2.24) is 0 Å². The quantitative estimate of drug-likeness (QED) is 0.356. The molecule has 3 heteroatoms. The maximum absolute atomic E-state index is 7.14. The van der Waals surface area contributed by atoms with Crippen LogP contribution >= 0.6 is 15.8 Å². The molecular formula is C29H31NP2. The molecule has 0 radical (unpaired) electrons. The van der Waals surface area contributed by atoms with Gasteiger partial charge in [0, 0.05) is 17.4 Å². The van der Waals surface area contributed by atoms with E-state index >= 15 is 0 Å². The maximum atomic E-state index is 7.14. The molecule has 0 aliphatic heterocycles. The van der Waals surface area contributed by atoms with Gasteiger partial charge in [0.05, 0.1) is 0 Å². The Bertz CT molecular complexity index is 903. The number of hydrogen-bond donors (Lipinski definition) is 1. The number of hydrogen-bond acceptors (Lipinski definition) is 1. The summed E-state index contributed by atoms with van der Waals surface area (Å²) in [7, 11) is -1.12. The molecule has 4 aromatic rings. The molecule has 1 nitrogen and oxygen atoms in total. The van der Waals surface area contributed by atoms with Crippen LogP contribution in [0, 0.1) is 0 Å². The second kappa shape index (κ2) is 11.0. The van der Waals surface area contributed by atoms with E-state index < -0.39 is 15.8 Å². The van der Waals surface area contributed by atoms with E-state index in [9.17, 15) is 0 Å². The van der Waals surface area contributed by atoms with Crippen molar-refractivity contribution in [3.8, 4) is 0 Å². The van der Waals surface area contributed by atoms with Gasteiger partial charge in [0.2, 0.25) is 0 Å². The van der Waals surface area contributed by atoms with Gasteiger partial charge in [0.25, 0.3) is 0 Å². The van der Waals surface area contributed by atoms with E-state index in [1.54, 1.807) is 0 Å². The van der Waals surface area contributed by atoms with Crippen molar-refractivity contribution in [2.45, 2.75) is 31.2 Å². The Morgan fingerprint density at radius 2 is 0.656 bits per heavy atom. The zero-order chi connectivity index (χ0) is 22.3. The molecule has 0 fully saturated rings. The van der Waals surface area contributed by atoms with Gasteiger partial charge in [0.15, 0.2) is 0 Å². The Kier molecular flexibility index (Phi) is 7.88. The lowest BCUT2D eigenvalue weighted by molar-refractivity contribution is 0.648. The van der Waals surface area contributed by atoms with E-state index in [-0.39, 0.29) is 6.04 Å². The van der Waals surface area contributed by atoms with Gasteiger partial charge in [-0.3, -0.25) is 0 Å². The molecule has 0 heterocycles. The first kappa shape index (κ1) is 22.9. The lowest BCUT2D eigenvalue weighted by atomic mass is 10.2. The van der Waals surface area contributed by atoms with Gasteiger partial charge < -0.3 is 5.73 Å². The fourth-order valence-electron chi connectivity index (χ4n) is 4.34. The molecule has 0 aliphatic rings. The normalized spacial score (nSPS) is 14.3. The van der Waals surface area contributed by atoms with Crippen LogP contribution in [-0.2, 0) is 0 Å². The summed E-state index contributed by atoms with van der Waals surface area (Å²) in [5.74, 6) is 0. The van der Waals surface area contributed by atoms with E-state index in [1.807, 2.05) is 0 Å². The Labute approximate surface area is 195 Å². The lowest BCUT2D eigenvalue weighted by Crippen LogP contribution is -2.45. The summed E-state index contributed by atoms with van der Waals surface area (Å²) < 4.78 is 0. The summed E-state index contributed by atoms with van der Waals surface area (Å²) in [6, 6.07) is 43.8. The maximum Gasteiger partial charge on any atom is 0.0182 e. The van der Waals surface area contributed by atoms with Crippen LogP contribution in [-0.4, -0.2) is 17.4 Å². The van der Waals surface area contributed by atoms with Crippen molar-refractivity contribution in [3.05, 3.63) is 121 Å². The predicted octanol–water partition coefficient (Wildman–Crippen LogP) is 5.36. The second-order valence-electron chi connectivity index (χ2n) is 8.14. The zero-order valence-corrected chi connectivity index (χ0v) is 20.5. The van der Waals surface area contributed by atoms with Crippen molar-refractivity contribution in [2.24, 2.45) is 5.73 Å². The minimum Gasteiger partial charge on any atom is -0.327 e. The highest BCUT2D eigenvalue weighted by Gasteiger charge is 2.33. The van der Waals surface area contributed by atoms with Gasteiger partial charge in [-0.2, -0.15) is 0 Å². The Balaban J connectivity index is 1.70. The number of rotatable bonds is 8. The topological polar surface area (TPSA) is 26.0 Å². The molecule has 2 N–H and O–H groups in total. The standard InChI is InChI=1S/C29H31NP2/c1-23(31(25-15-7-3-8-16-25)26-17-9-4-10-18-26)29(30)24(2)32(27-19-11-5-12-20-27)28-21-13-6-14-22-28/h3-24,29H,30H2,1-2H3. The number of benzene rings is 4. The summed E-state index contributed by atoms with van der Waals surface area (Å²) in [4.78, 5) is 0. The predicted molar refractivity (Wildman–Crippen MR) is 145 cm³/mol. The van der Waals surface area contributed by atoms with Crippen LogP contribution < -0.4 is 27.0 Å². The summed E-state index contributed by atoms with van der Waals surface area (Å²) in [6.45, 7) is 4.72. The Morgan fingerprint density at radius 1 is 0.438 bits per heavy atom. The van der Waals surface area contributed by atoms with Crippen LogP contribution in [0.4, 0.5) is 0 Å². The van der Waals surface area contributed by atoms with E-state index in [0.29, 0.717) is 11.3 Å². The smallest absolute Gasteiger partial charge is 0.0182 e. The molecule has 0 amide bonds. The van der Waals surface area contributed by atoms with E-state index in [1.165, 1.54) is 21.2 Å². The van der Waals surface area contributed by atoms with Gasteiger partial charge in [-0.1, -0.05) is 135 Å². The van der Waals surface area contributed by atoms with Crippen molar-refractivity contribution < 1.29 is 0 Å². The molecular weight excluding hydrogens is 424 g/mol. The van der Waals surface area contributed by atoms with Gasteiger partial charge in [-0.05, 0) is 37.1 Å². The van der Waals surface area contributed by atoms with Crippen LogP contribution in [0.2, 0.25) is 0 Å². The first-order valence-corrected chi connectivity index (χ1v) is 14.0. The van der Waals surface area contributed by atoms with Crippen LogP contribution in [0.15, 0.2) is 121 Å².